The first-order valence-electron chi connectivity index (χ1n) is 6.41. The van der Waals surface area contributed by atoms with Crippen LogP contribution in [0, 0.1) is 6.92 Å². The van der Waals surface area contributed by atoms with Gasteiger partial charge >= 0.3 is 5.97 Å². The third kappa shape index (κ3) is 2.92. The van der Waals surface area contributed by atoms with Crippen molar-refractivity contribution in [2.24, 2.45) is 0 Å². The molecule has 21 heavy (non-hydrogen) atoms. The van der Waals surface area contributed by atoms with Gasteiger partial charge in [-0.1, -0.05) is 50.0 Å². The molecule has 0 saturated heterocycles. The molecule has 0 amide bonds. The highest BCUT2D eigenvalue weighted by Crippen LogP contribution is 2.32. The van der Waals surface area contributed by atoms with E-state index in [1.807, 2.05) is 33.8 Å². The van der Waals surface area contributed by atoms with Gasteiger partial charge in [-0.25, -0.2) is 9.48 Å². The molecule has 6 heteroatoms. The summed E-state index contributed by atoms with van der Waals surface area (Å²) in [5.41, 5.74) is 1.60. The number of rotatable bonds is 2. The van der Waals surface area contributed by atoms with Crippen molar-refractivity contribution in [1.82, 2.24) is 9.78 Å². The summed E-state index contributed by atoms with van der Waals surface area (Å²) in [5.74, 6) is -1.09. The zero-order valence-electron chi connectivity index (χ0n) is 12.2. The molecular formula is C15H16Cl2N2O2. The highest BCUT2D eigenvalue weighted by Gasteiger charge is 2.30. The molecule has 0 saturated carbocycles. The summed E-state index contributed by atoms with van der Waals surface area (Å²) in [6.07, 6.45) is 0. The first-order chi connectivity index (χ1) is 9.62. The molecule has 0 atom stereocenters. The largest absolute Gasteiger partial charge is 0.478 e. The highest BCUT2D eigenvalue weighted by atomic mass is 35.5. The molecule has 0 fully saturated rings. The monoisotopic (exact) mass is 326 g/mol. The van der Waals surface area contributed by atoms with E-state index in [4.69, 9.17) is 23.2 Å². The van der Waals surface area contributed by atoms with Crippen molar-refractivity contribution in [2.75, 3.05) is 0 Å². The van der Waals surface area contributed by atoms with E-state index in [9.17, 15) is 9.90 Å². The van der Waals surface area contributed by atoms with Crippen LogP contribution >= 0.6 is 23.2 Å². The summed E-state index contributed by atoms with van der Waals surface area (Å²) < 4.78 is 1.41. The van der Waals surface area contributed by atoms with Crippen LogP contribution in [-0.2, 0) is 5.41 Å². The van der Waals surface area contributed by atoms with Gasteiger partial charge in [-0.3, -0.25) is 0 Å². The molecule has 0 spiro atoms. The Kier molecular flexibility index (Phi) is 4.04. The van der Waals surface area contributed by atoms with Crippen molar-refractivity contribution in [1.29, 1.82) is 0 Å². The zero-order chi connectivity index (χ0) is 15.9. The Labute approximate surface area is 133 Å². The molecule has 2 aromatic rings. The van der Waals surface area contributed by atoms with E-state index in [1.165, 1.54) is 4.68 Å². The first kappa shape index (κ1) is 15.9. The quantitative estimate of drug-likeness (QED) is 0.884. The molecule has 112 valence electrons. The normalized spacial score (nSPS) is 11.7. The van der Waals surface area contributed by atoms with E-state index in [1.54, 1.807) is 12.1 Å². The second-order valence-corrected chi connectivity index (χ2v) is 6.68. The minimum atomic E-state index is -1.09. The average Bonchev–Trinajstić information content (AvgIpc) is 2.70. The number of aromatic nitrogens is 2. The lowest BCUT2D eigenvalue weighted by molar-refractivity contribution is 0.0694. The fourth-order valence-electron chi connectivity index (χ4n) is 2.00. The van der Waals surface area contributed by atoms with Crippen LogP contribution in [0.3, 0.4) is 0 Å². The molecule has 1 aromatic heterocycles. The van der Waals surface area contributed by atoms with Crippen molar-refractivity contribution in [3.05, 3.63) is 45.2 Å². The Morgan fingerprint density at radius 1 is 1.29 bits per heavy atom. The van der Waals surface area contributed by atoms with Gasteiger partial charge < -0.3 is 5.11 Å². The molecule has 0 bridgehead atoms. The SMILES string of the molecule is Cc1ccc(-n2nc(C(C)(C)C)c(C(=O)O)c2Cl)cc1Cl. The second-order valence-electron chi connectivity index (χ2n) is 5.91. The number of nitrogens with zero attached hydrogens (tertiary/aromatic N) is 2. The van der Waals surface area contributed by atoms with Crippen molar-refractivity contribution >= 4 is 29.2 Å². The van der Waals surface area contributed by atoms with Gasteiger partial charge in [-0.2, -0.15) is 5.10 Å². The fourth-order valence-corrected chi connectivity index (χ4v) is 2.48. The second kappa shape index (κ2) is 5.35. The van der Waals surface area contributed by atoms with Crippen LogP contribution in [-0.4, -0.2) is 20.9 Å². The smallest absolute Gasteiger partial charge is 0.340 e. The fraction of sp³-hybridized carbons (Fsp3) is 0.333. The van der Waals surface area contributed by atoms with Gasteiger partial charge in [0.1, 0.15) is 10.7 Å². The van der Waals surface area contributed by atoms with Crippen molar-refractivity contribution in [2.45, 2.75) is 33.1 Å². The van der Waals surface area contributed by atoms with E-state index in [0.29, 0.717) is 16.4 Å². The Morgan fingerprint density at radius 2 is 1.90 bits per heavy atom. The van der Waals surface area contributed by atoms with Gasteiger partial charge in [0.05, 0.1) is 11.4 Å². The summed E-state index contributed by atoms with van der Waals surface area (Å²) in [6.45, 7) is 7.57. The standard InChI is InChI=1S/C15H16Cl2N2O2/c1-8-5-6-9(7-10(8)16)19-13(17)11(14(20)21)12(18-19)15(2,3)4/h5-7H,1-4H3,(H,20,21). The maximum Gasteiger partial charge on any atom is 0.340 e. The third-order valence-electron chi connectivity index (χ3n) is 3.15. The Morgan fingerprint density at radius 3 is 2.33 bits per heavy atom. The molecule has 1 aromatic carbocycles. The minimum absolute atomic E-state index is 0.0286. The topological polar surface area (TPSA) is 55.1 Å². The van der Waals surface area contributed by atoms with E-state index in [2.05, 4.69) is 5.10 Å². The Bertz CT molecular complexity index is 715. The lowest BCUT2D eigenvalue weighted by Gasteiger charge is -2.15. The zero-order valence-corrected chi connectivity index (χ0v) is 13.7. The minimum Gasteiger partial charge on any atom is -0.478 e. The predicted molar refractivity (Wildman–Crippen MR) is 84.0 cm³/mol. The number of carbonyl (C=O) groups is 1. The van der Waals surface area contributed by atoms with Crippen LogP contribution in [0.25, 0.3) is 5.69 Å². The number of carboxylic acid groups (broad SMARTS) is 1. The number of hydrogen-bond donors (Lipinski definition) is 1. The Hall–Kier alpha value is -1.52. The number of carboxylic acids is 1. The van der Waals surface area contributed by atoms with Crippen molar-refractivity contribution in [3.8, 4) is 5.69 Å². The first-order valence-corrected chi connectivity index (χ1v) is 7.17. The predicted octanol–water partition coefficient (Wildman–Crippen LogP) is 4.48. The summed E-state index contributed by atoms with van der Waals surface area (Å²) in [5, 5.41) is 14.4. The molecule has 2 rings (SSSR count). The highest BCUT2D eigenvalue weighted by molar-refractivity contribution is 6.33. The van der Waals surface area contributed by atoms with E-state index < -0.39 is 11.4 Å². The molecule has 0 aliphatic carbocycles. The molecule has 1 heterocycles. The Balaban J connectivity index is 2.71. The van der Waals surface area contributed by atoms with Gasteiger partial charge in [0.2, 0.25) is 0 Å². The molecule has 0 aliphatic heterocycles. The average molecular weight is 327 g/mol. The molecule has 0 unspecified atom stereocenters. The summed E-state index contributed by atoms with van der Waals surface area (Å²) in [6, 6.07) is 5.36. The van der Waals surface area contributed by atoms with E-state index in [0.717, 1.165) is 5.56 Å². The van der Waals surface area contributed by atoms with E-state index >= 15 is 0 Å². The number of aryl methyl sites for hydroxylation is 1. The third-order valence-corrected chi connectivity index (χ3v) is 3.91. The van der Waals surface area contributed by atoms with Crippen LogP contribution in [0.2, 0.25) is 10.2 Å². The number of halogens is 2. The van der Waals surface area contributed by atoms with Gasteiger partial charge in [0.15, 0.2) is 0 Å². The molecule has 0 radical (unpaired) electrons. The van der Waals surface area contributed by atoms with E-state index in [-0.39, 0.29) is 10.7 Å². The number of aromatic carboxylic acids is 1. The van der Waals surface area contributed by atoms with Crippen LogP contribution in [0.15, 0.2) is 18.2 Å². The number of benzene rings is 1. The summed E-state index contributed by atoms with van der Waals surface area (Å²) >= 11 is 12.3. The molecular weight excluding hydrogens is 311 g/mol. The van der Waals surface area contributed by atoms with Crippen LogP contribution in [0.4, 0.5) is 0 Å². The van der Waals surface area contributed by atoms with Crippen molar-refractivity contribution in [3.63, 3.8) is 0 Å². The molecule has 1 N–H and O–H groups in total. The van der Waals surface area contributed by atoms with Crippen LogP contribution < -0.4 is 0 Å². The maximum absolute atomic E-state index is 11.5. The summed E-state index contributed by atoms with van der Waals surface area (Å²) in [7, 11) is 0. The van der Waals surface area contributed by atoms with Crippen LogP contribution in [0.1, 0.15) is 42.4 Å². The van der Waals surface area contributed by atoms with Crippen molar-refractivity contribution < 1.29 is 9.90 Å². The molecule has 0 aliphatic rings. The van der Waals surface area contributed by atoms with Gasteiger partial charge in [0.25, 0.3) is 0 Å². The summed E-state index contributed by atoms with van der Waals surface area (Å²) in [4.78, 5) is 11.5. The van der Waals surface area contributed by atoms with Gasteiger partial charge in [-0.05, 0) is 24.6 Å². The van der Waals surface area contributed by atoms with Gasteiger partial charge in [-0.15, -0.1) is 0 Å². The van der Waals surface area contributed by atoms with Crippen LogP contribution in [0.5, 0.6) is 0 Å². The lowest BCUT2D eigenvalue weighted by atomic mass is 9.89. The number of hydrogen-bond acceptors (Lipinski definition) is 2. The lowest BCUT2D eigenvalue weighted by Crippen LogP contribution is -2.16. The maximum atomic E-state index is 11.5. The van der Waals surface area contributed by atoms with Gasteiger partial charge in [0, 0.05) is 10.4 Å². The molecule has 4 nitrogen and oxygen atoms in total.